The zero-order valence-corrected chi connectivity index (χ0v) is 14.0. The largest absolute Gasteiger partial charge is 0.321 e. The number of nitro groups is 1. The van der Waals surface area contributed by atoms with E-state index < -0.39 is 10.8 Å². The van der Waals surface area contributed by atoms with Crippen LogP contribution in [0.15, 0.2) is 72.0 Å². The van der Waals surface area contributed by atoms with Crippen molar-refractivity contribution in [2.75, 3.05) is 0 Å². The molecule has 0 saturated carbocycles. The maximum Gasteiger partial charge on any atom is 0.271 e. The van der Waals surface area contributed by atoms with Gasteiger partial charge in [-0.05, 0) is 31.2 Å². The summed E-state index contributed by atoms with van der Waals surface area (Å²) in [4.78, 5) is 22.3. The molecule has 26 heavy (non-hydrogen) atoms. The molecule has 0 atom stereocenters. The van der Waals surface area contributed by atoms with Crippen LogP contribution in [-0.4, -0.2) is 21.6 Å². The second-order valence-corrected chi connectivity index (χ2v) is 5.63. The molecule has 0 unspecified atom stereocenters. The lowest BCUT2D eigenvalue weighted by atomic mass is 10.2. The van der Waals surface area contributed by atoms with Crippen LogP contribution in [0.4, 0.5) is 5.69 Å². The minimum Gasteiger partial charge on any atom is -0.321 e. The van der Waals surface area contributed by atoms with Crippen molar-refractivity contribution in [1.82, 2.24) is 9.99 Å². The molecule has 1 N–H and O–H groups in total. The molecule has 0 aliphatic heterocycles. The van der Waals surface area contributed by atoms with E-state index in [4.69, 9.17) is 0 Å². The van der Waals surface area contributed by atoms with Crippen LogP contribution in [0.1, 0.15) is 21.6 Å². The van der Waals surface area contributed by atoms with Gasteiger partial charge in [0.1, 0.15) is 0 Å². The highest BCUT2D eigenvalue weighted by Gasteiger charge is 2.10. The number of carbonyl (C=O) groups excluding carboxylic acids is 1. The van der Waals surface area contributed by atoms with Crippen LogP contribution in [0.25, 0.3) is 5.69 Å². The van der Waals surface area contributed by atoms with E-state index in [-0.39, 0.29) is 11.3 Å². The third kappa shape index (κ3) is 3.84. The van der Waals surface area contributed by atoms with E-state index in [1.165, 1.54) is 30.5 Å². The van der Waals surface area contributed by atoms with Gasteiger partial charge in [0.25, 0.3) is 11.6 Å². The maximum atomic E-state index is 12.1. The molecule has 7 heteroatoms. The molecule has 3 aromatic rings. The number of aromatic nitrogens is 1. The zero-order valence-electron chi connectivity index (χ0n) is 14.0. The van der Waals surface area contributed by atoms with Gasteiger partial charge in [-0.1, -0.05) is 24.3 Å². The minimum absolute atomic E-state index is 0.141. The zero-order chi connectivity index (χ0) is 18.5. The quantitative estimate of drug-likeness (QED) is 0.435. The van der Waals surface area contributed by atoms with Crippen molar-refractivity contribution in [1.29, 1.82) is 0 Å². The highest BCUT2D eigenvalue weighted by molar-refractivity contribution is 5.95. The minimum atomic E-state index is -0.547. The molecule has 0 bridgehead atoms. The molecule has 3 rings (SSSR count). The van der Waals surface area contributed by atoms with Crippen molar-refractivity contribution in [3.8, 4) is 5.69 Å². The number of carbonyl (C=O) groups is 1. The Morgan fingerprint density at radius 3 is 2.65 bits per heavy atom. The standard InChI is InChI=1S/C19H16N4O3/c1-14-10-15(13-22(14)17-7-3-2-4-8-17)12-20-21-19(24)16-6-5-9-18(11-16)23(25)26/h2-13H,1H3,(H,21,24)/b20-12-. The van der Waals surface area contributed by atoms with Crippen LogP contribution in [0.2, 0.25) is 0 Å². The fourth-order valence-corrected chi connectivity index (χ4v) is 2.53. The van der Waals surface area contributed by atoms with E-state index in [0.29, 0.717) is 0 Å². The molecule has 130 valence electrons. The first-order valence-electron chi connectivity index (χ1n) is 7.87. The summed E-state index contributed by atoms with van der Waals surface area (Å²) in [6.45, 7) is 1.98. The van der Waals surface area contributed by atoms with Crippen LogP contribution < -0.4 is 5.43 Å². The molecule has 0 aliphatic carbocycles. The summed E-state index contributed by atoms with van der Waals surface area (Å²) in [7, 11) is 0. The number of nitrogens with zero attached hydrogens (tertiary/aromatic N) is 3. The summed E-state index contributed by atoms with van der Waals surface area (Å²) in [5.41, 5.74) is 5.30. The third-order valence-electron chi connectivity index (χ3n) is 3.77. The summed E-state index contributed by atoms with van der Waals surface area (Å²) < 4.78 is 2.02. The number of hydrazone groups is 1. The van der Waals surface area contributed by atoms with Crippen molar-refractivity contribution >= 4 is 17.8 Å². The second kappa shape index (κ2) is 7.43. The van der Waals surface area contributed by atoms with E-state index in [1.54, 1.807) is 0 Å². The number of hydrogen-bond donors (Lipinski definition) is 1. The fourth-order valence-electron chi connectivity index (χ4n) is 2.53. The number of amides is 1. The first-order valence-corrected chi connectivity index (χ1v) is 7.87. The van der Waals surface area contributed by atoms with Crippen molar-refractivity contribution in [3.63, 3.8) is 0 Å². The van der Waals surface area contributed by atoms with E-state index in [2.05, 4.69) is 10.5 Å². The van der Waals surface area contributed by atoms with E-state index in [9.17, 15) is 14.9 Å². The molecule has 0 aliphatic rings. The summed E-state index contributed by atoms with van der Waals surface area (Å²) >= 11 is 0. The van der Waals surface area contributed by atoms with E-state index in [1.807, 2.05) is 54.1 Å². The number of para-hydroxylation sites is 1. The normalized spacial score (nSPS) is 10.8. The molecule has 0 fully saturated rings. The summed E-state index contributed by atoms with van der Waals surface area (Å²) in [5.74, 6) is -0.510. The van der Waals surface area contributed by atoms with E-state index >= 15 is 0 Å². The Morgan fingerprint density at radius 1 is 1.15 bits per heavy atom. The number of aryl methyl sites for hydroxylation is 1. The van der Waals surface area contributed by atoms with Crippen LogP contribution in [0.3, 0.4) is 0 Å². The Kier molecular flexibility index (Phi) is 4.89. The van der Waals surface area contributed by atoms with Gasteiger partial charge in [-0.2, -0.15) is 5.10 Å². The SMILES string of the molecule is Cc1cc(/C=N\NC(=O)c2cccc([N+](=O)[O-])c2)cn1-c1ccccc1. The topological polar surface area (TPSA) is 89.5 Å². The highest BCUT2D eigenvalue weighted by Crippen LogP contribution is 2.14. The van der Waals surface area contributed by atoms with Gasteiger partial charge >= 0.3 is 0 Å². The molecular formula is C19H16N4O3. The van der Waals surface area contributed by atoms with Crippen LogP contribution in [0.5, 0.6) is 0 Å². The Bertz CT molecular complexity index is 977. The molecule has 1 heterocycles. The van der Waals surface area contributed by atoms with Gasteiger partial charge in [0.2, 0.25) is 0 Å². The van der Waals surface area contributed by atoms with Gasteiger partial charge in [0.05, 0.1) is 11.1 Å². The molecule has 1 amide bonds. The molecular weight excluding hydrogens is 332 g/mol. The summed E-state index contributed by atoms with van der Waals surface area (Å²) in [6.07, 6.45) is 3.44. The smallest absolute Gasteiger partial charge is 0.271 e. The number of rotatable bonds is 5. The first kappa shape index (κ1) is 17.1. The highest BCUT2D eigenvalue weighted by atomic mass is 16.6. The number of non-ortho nitro benzene ring substituents is 1. The fraction of sp³-hybridized carbons (Fsp3) is 0.0526. The van der Waals surface area contributed by atoms with Gasteiger partial charge in [-0.15, -0.1) is 0 Å². The van der Waals surface area contributed by atoms with Crippen LogP contribution in [0, 0.1) is 17.0 Å². The number of nitrogens with one attached hydrogen (secondary N) is 1. The molecule has 7 nitrogen and oxygen atoms in total. The Balaban J connectivity index is 1.70. The van der Waals surface area contributed by atoms with Gasteiger partial charge < -0.3 is 4.57 Å². The van der Waals surface area contributed by atoms with Gasteiger partial charge in [-0.25, -0.2) is 5.43 Å². The van der Waals surface area contributed by atoms with Crippen molar-refractivity contribution in [3.05, 3.63) is 93.8 Å². The Morgan fingerprint density at radius 2 is 1.92 bits per heavy atom. The molecule has 2 aromatic carbocycles. The lowest BCUT2D eigenvalue weighted by Gasteiger charge is -2.04. The number of benzene rings is 2. The van der Waals surface area contributed by atoms with Crippen molar-refractivity contribution in [2.24, 2.45) is 5.10 Å². The lowest BCUT2D eigenvalue weighted by Crippen LogP contribution is -2.17. The molecule has 0 spiro atoms. The van der Waals surface area contributed by atoms with Crippen molar-refractivity contribution in [2.45, 2.75) is 6.92 Å². The average Bonchev–Trinajstić information content (AvgIpc) is 3.03. The maximum absolute atomic E-state index is 12.1. The predicted octanol–water partition coefficient (Wildman–Crippen LogP) is 3.46. The molecule has 0 saturated heterocycles. The second-order valence-electron chi connectivity index (χ2n) is 5.63. The van der Waals surface area contributed by atoms with Crippen LogP contribution in [-0.2, 0) is 0 Å². The Hall–Kier alpha value is -3.74. The number of nitro benzene ring substituents is 1. The molecule has 0 radical (unpaired) electrons. The third-order valence-corrected chi connectivity index (χ3v) is 3.77. The predicted molar refractivity (Wildman–Crippen MR) is 98.7 cm³/mol. The lowest BCUT2D eigenvalue weighted by molar-refractivity contribution is -0.384. The average molecular weight is 348 g/mol. The summed E-state index contributed by atoms with van der Waals surface area (Å²) in [5, 5.41) is 14.7. The Labute approximate surface area is 149 Å². The van der Waals surface area contributed by atoms with Crippen molar-refractivity contribution < 1.29 is 9.72 Å². The van der Waals surface area contributed by atoms with Gasteiger partial charge in [-0.3, -0.25) is 14.9 Å². The van der Waals surface area contributed by atoms with Crippen LogP contribution >= 0.6 is 0 Å². The molecule has 1 aromatic heterocycles. The monoisotopic (exact) mass is 348 g/mol. The summed E-state index contributed by atoms with van der Waals surface area (Å²) in [6, 6.07) is 17.3. The van der Waals surface area contributed by atoms with Gasteiger partial charge in [0.15, 0.2) is 0 Å². The van der Waals surface area contributed by atoms with Gasteiger partial charge in [0, 0.05) is 40.8 Å². The number of hydrogen-bond acceptors (Lipinski definition) is 4. The first-order chi connectivity index (χ1) is 12.5. The van der Waals surface area contributed by atoms with E-state index in [0.717, 1.165) is 16.9 Å².